The lowest BCUT2D eigenvalue weighted by molar-refractivity contribution is -0.144. The number of carbonyl (C=O) groups is 5. The van der Waals surface area contributed by atoms with Gasteiger partial charge in [0.05, 0.1) is 36.0 Å². The molecule has 3 amide bonds. The lowest BCUT2D eigenvalue weighted by Gasteiger charge is -2.40. The van der Waals surface area contributed by atoms with Crippen molar-refractivity contribution in [2.75, 3.05) is 31.2 Å². The van der Waals surface area contributed by atoms with Crippen LogP contribution in [0, 0.1) is 34.5 Å². The van der Waals surface area contributed by atoms with E-state index in [1.807, 2.05) is 64.1 Å². The number of carbonyl (C=O) groups excluding carboxylic acids is 5. The van der Waals surface area contributed by atoms with Gasteiger partial charge in [0.25, 0.3) is 0 Å². The Morgan fingerprint density at radius 2 is 1.22 bits per heavy atom. The van der Waals surface area contributed by atoms with E-state index in [9.17, 15) is 40.8 Å². The molecule has 2 saturated heterocycles. The number of benzene rings is 2. The van der Waals surface area contributed by atoms with Crippen molar-refractivity contribution < 1.29 is 59.4 Å². The molecule has 19 nitrogen and oxygen atoms in total. The van der Waals surface area contributed by atoms with Crippen LogP contribution in [0.2, 0.25) is 0 Å². The first-order chi connectivity index (χ1) is 41.5. The van der Waals surface area contributed by atoms with Crippen molar-refractivity contribution in [1.82, 2.24) is 30.4 Å². The van der Waals surface area contributed by atoms with E-state index in [0.29, 0.717) is 69.0 Å². The lowest BCUT2D eigenvalue weighted by atomic mass is 9.77. The van der Waals surface area contributed by atoms with Crippen molar-refractivity contribution in [2.24, 2.45) is 34.5 Å². The standard InChI is InChI=1S/C34H45N3O6S.C33H39N3O7S/c1-7-23-17-34(23,29(38)19-44(40,41)25-9-10-25)36-31(39)28-16-24(18-37(28)21(3)20(2)33(4,5)6)43-32-27-11-8-22-13-15-42-30(22)26(27)12-14-35-32;1-6-21-16-33(21,27(37)18-44(40,41)23-8-9-23)35-29(38)26-15-22(17-36(26)31(39)19(2)32(3,4)5)43-30-25-10-7-20-12-14-42-28(20)24(25)11-13-34-30/h7-8,11-12,14,20-21,23-25,28H,1,9-10,13,15-19H2,2-6H3,(H,36,39);6-7,10-14,19,21-23,26H,1,8-9,15-18H2,2-5H3,(H,35,38)/t20-,21?,23-,24-,28+,34-;19-,21-,22-,26+,33-/m11/s1. The maximum atomic E-state index is 14.1. The number of amides is 3. The molecule has 472 valence electrons. The van der Waals surface area contributed by atoms with Gasteiger partial charge in [0.2, 0.25) is 29.5 Å². The second kappa shape index (κ2) is 23.3. The summed E-state index contributed by atoms with van der Waals surface area (Å²) < 4.78 is 75.2. The molecular formula is C67H84N6O13S2. The number of Topliss-reactive ketones (excluding diaryl/α,β-unsaturated/α-hetero) is 2. The Kier molecular flexibility index (Phi) is 16.6. The highest BCUT2D eigenvalue weighted by Crippen LogP contribution is 2.49. The van der Waals surface area contributed by atoms with Gasteiger partial charge < -0.3 is 34.2 Å². The van der Waals surface area contributed by atoms with Crippen LogP contribution in [0.1, 0.15) is 119 Å². The van der Waals surface area contributed by atoms with Gasteiger partial charge in [-0.3, -0.25) is 28.9 Å². The van der Waals surface area contributed by atoms with Gasteiger partial charge in [-0.05, 0) is 98.1 Å². The second-order valence-electron chi connectivity index (χ2n) is 28.0. The first-order valence-electron chi connectivity index (χ1n) is 31.1. The minimum atomic E-state index is -3.57. The number of ketones is 2. The monoisotopic (exact) mass is 1240 g/mol. The van der Waals surface area contributed by atoms with Gasteiger partial charge in [-0.25, -0.2) is 26.8 Å². The van der Waals surface area contributed by atoms with Gasteiger partial charge in [-0.2, -0.15) is 0 Å². The maximum Gasteiger partial charge on any atom is 0.243 e. The molecule has 88 heavy (non-hydrogen) atoms. The molecule has 0 bridgehead atoms. The molecule has 5 aromatic rings. The van der Waals surface area contributed by atoms with E-state index in [0.717, 1.165) is 39.1 Å². The zero-order valence-corrected chi connectivity index (χ0v) is 53.6. The highest BCUT2D eigenvalue weighted by Gasteiger charge is 2.63. The summed E-state index contributed by atoms with van der Waals surface area (Å²) >= 11 is 0. The molecule has 11 atom stereocenters. The topological polar surface area (TPSA) is 251 Å². The number of pyridine rings is 2. The number of nitrogens with zero attached hydrogens (tertiary/aromatic N) is 4. The summed E-state index contributed by atoms with van der Waals surface area (Å²) in [6, 6.07) is 12.2. The lowest BCUT2D eigenvalue weighted by Crippen LogP contribution is -2.55. The van der Waals surface area contributed by atoms with Crippen LogP contribution in [0.5, 0.6) is 17.5 Å². The Morgan fingerprint density at radius 1 is 0.693 bits per heavy atom. The number of fused-ring (bicyclic) bond motifs is 6. The molecule has 0 radical (unpaired) electrons. The molecule has 4 saturated carbocycles. The fourth-order valence-electron chi connectivity index (χ4n) is 13.2. The van der Waals surface area contributed by atoms with Gasteiger partial charge in [-0.15, -0.1) is 13.2 Å². The zero-order valence-electron chi connectivity index (χ0n) is 52.0. The highest BCUT2D eigenvalue weighted by molar-refractivity contribution is 7.93. The van der Waals surface area contributed by atoms with Crippen LogP contribution in [0.15, 0.2) is 90.8 Å². The highest BCUT2D eigenvalue weighted by atomic mass is 32.2. The Balaban J connectivity index is 0.000000182. The third kappa shape index (κ3) is 12.2. The zero-order chi connectivity index (χ0) is 63.2. The second-order valence-corrected chi connectivity index (χ2v) is 32.6. The molecule has 3 aliphatic heterocycles. The molecule has 4 aliphatic carbocycles. The minimum Gasteiger partial charge on any atom is -0.492 e. The molecule has 21 heteroatoms. The van der Waals surface area contributed by atoms with Crippen molar-refractivity contribution >= 4 is 81.5 Å². The predicted molar refractivity (Wildman–Crippen MR) is 335 cm³/mol. The smallest absolute Gasteiger partial charge is 0.243 e. The van der Waals surface area contributed by atoms with Crippen LogP contribution in [0.4, 0.5) is 0 Å². The Morgan fingerprint density at radius 3 is 1.75 bits per heavy atom. The Bertz CT molecular complexity index is 3860. The molecule has 2 N–H and O–H groups in total. The summed E-state index contributed by atoms with van der Waals surface area (Å²) in [5, 5.41) is 9.39. The summed E-state index contributed by atoms with van der Waals surface area (Å²) in [7, 11) is -7.09. The normalized spacial score (nSPS) is 27.1. The van der Waals surface area contributed by atoms with Gasteiger partial charge in [0.1, 0.15) is 52.2 Å². The Hall–Kier alpha value is -6.71. The predicted octanol–water partition coefficient (Wildman–Crippen LogP) is 8.49. The number of hydrogen-bond donors (Lipinski definition) is 2. The quantitative estimate of drug-likeness (QED) is 0.0653. The van der Waals surface area contributed by atoms with Crippen molar-refractivity contribution in [3.63, 3.8) is 0 Å². The number of nitrogens with one attached hydrogen (secondary N) is 2. The van der Waals surface area contributed by atoms with Gasteiger partial charge in [0.15, 0.2) is 31.2 Å². The number of rotatable bonds is 21. The van der Waals surface area contributed by atoms with Crippen LogP contribution in [0.25, 0.3) is 32.5 Å². The van der Waals surface area contributed by atoms with Crippen LogP contribution < -0.4 is 24.8 Å². The largest absolute Gasteiger partial charge is 0.492 e. The van der Waals surface area contributed by atoms with Crippen LogP contribution in [-0.4, -0.2) is 149 Å². The summed E-state index contributed by atoms with van der Waals surface area (Å²) in [6.07, 6.45) is 11.8. The number of furan rings is 1. The van der Waals surface area contributed by atoms with E-state index in [1.165, 1.54) is 10.5 Å². The van der Waals surface area contributed by atoms with E-state index < -0.39 is 94.3 Å². The average molecular weight is 1250 g/mol. The number of ether oxygens (including phenoxy) is 3. The van der Waals surface area contributed by atoms with Crippen molar-refractivity contribution in [3.05, 3.63) is 92.0 Å². The SMILES string of the molecule is C=C[C@@H]1C[C@]1(NC(=O)[C@@H]1C[C@@H](Oc2nccc3c2ccc2ccoc23)CN1C(=O)[C@@H](C)C(C)(C)C)C(=O)CS(=O)(=O)C1CC1.C=C[C@@H]1C[C@]1(NC(=O)[C@@H]1C[C@@H](Oc2nccc3c4c(ccc23)CCO4)CN1C(C)[C@@H](C)C(C)(C)C)C(=O)CS(=O)(=O)C1CC1. The maximum absolute atomic E-state index is 14.1. The Labute approximate surface area is 516 Å². The molecule has 2 aromatic carbocycles. The molecule has 1 unspecified atom stereocenters. The molecule has 6 heterocycles. The minimum absolute atomic E-state index is 0.00423. The number of likely N-dealkylation sites (tertiary alicyclic amines) is 2. The molecule has 7 aliphatic rings. The molecule has 12 rings (SSSR count). The molecule has 0 spiro atoms. The van der Waals surface area contributed by atoms with Gasteiger partial charge in [-0.1, -0.05) is 79.7 Å². The summed E-state index contributed by atoms with van der Waals surface area (Å²) in [4.78, 5) is 81.5. The molecular weight excluding hydrogens is 1160 g/mol. The number of aromatic nitrogens is 2. The van der Waals surface area contributed by atoms with E-state index in [-0.39, 0.29) is 71.9 Å². The third-order valence-electron chi connectivity index (χ3n) is 20.2. The van der Waals surface area contributed by atoms with E-state index in [4.69, 9.17) is 18.6 Å². The average Bonchev–Trinajstić information content (AvgIpc) is 1.60. The fourth-order valence-corrected chi connectivity index (χ4v) is 16.6. The van der Waals surface area contributed by atoms with Gasteiger partial charge in [0, 0.05) is 88.9 Å². The van der Waals surface area contributed by atoms with Crippen molar-refractivity contribution in [1.29, 1.82) is 0 Å². The molecule has 3 aromatic heterocycles. The summed E-state index contributed by atoms with van der Waals surface area (Å²) in [5.74, 6) is -2.16. The fraction of sp³-hybridized carbons (Fsp3) is 0.567. The number of sulfone groups is 2. The first kappa shape index (κ1) is 62.9. The van der Waals surface area contributed by atoms with Gasteiger partial charge >= 0.3 is 0 Å². The van der Waals surface area contributed by atoms with Crippen molar-refractivity contribution in [2.45, 2.75) is 172 Å². The van der Waals surface area contributed by atoms with E-state index >= 15 is 0 Å². The van der Waals surface area contributed by atoms with Crippen molar-refractivity contribution in [3.8, 4) is 17.5 Å². The first-order valence-corrected chi connectivity index (χ1v) is 34.5. The third-order valence-corrected chi connectivity index (χ3v) is 24.5. The summed E-state index contributed by atoms with van der Waals surface area (Å²) in [6.45, 7) is 27.6. The molecule has 6 fully saturated rings. The van der Waals surface area contributed by atoms with Crippen LogP contribution in [-0.2, 0) is 50.1 Å². The number of hydrogen-bond acceptors (Lipinski definition) is 16. The summed E-state index contributed by atoms with van der Waals surface area (Å²) in [5.41, 5.74) is -1.03. The van der Waals surface area contributed by atoms with E-state index in [1.54, 1.807) is 30.8 Å². The van der Waals surface area contributed by atoms with Crippen LogP contribution in [0.3, 0.4) is 0 Å². The van der Waals surface area contributed by atoms with Crippen LogP contribution >= 0.6 is 0 Å². The van der Waals surface area contributed by atoms with E-state index in [2.05, 4.69) is 79.3 Å².